The van der Waals surface area contributed by atoms with Gasteiger partial charge in [-0.3, -0.25) is 28.9 Å². The number of hydrogen-bond donors (Lipinski definition) is 6. The number of alkyl halides is 3. The Morgan fingerprint density at radius 1 is 0.880 bits per heavy atom. The summed E-state index contributed by atoms with van der Waals surface area (Å²) in [6, 6.07) is 14.7. The lowest BCUT2D eigenvalue weighted by Gasteiger charge is -2.25. The maximum Gasteiger partial charge on any atom is 0.435 e. The smallest absolute Gasteiger partial charge is 0.435 e. The van der Waals surface area contributed by atoms with Crippen LogP contribution in [0, 0.1) is 11.7 Å². The molecule has 2 aromatic heterocycles. The summed E-state index contributed by atoms with van der Waals surface area (Å²) in [5, 5.41) is 17.0. The van der Waals surface area contributed by atoms with Gasteiger partial charge in [0, 0.05) is 67.1 Å². The average Bonchev–Trinajstić information content (AvgIpc) is 4.00. The first-order chi connectivity index (χ1) is 35.7. The van der Waals surface area contributed by atoms with E-state index >= 15 is 0 Å². The van der Waals surface area contributed by atoms with Crippen molar-refractivity contribution in [1.82, 2.24) is 40.6 Å². The highest BCUT2D eigenvalue weighted by atomic mass is 35.5. The summed E-state index contributed by atoms with van der Waals surface area (Å²) in [5.41, 5.74) is 6.49. The normalized spacial score (nSPS) is 13.2. The summed E-state index contributed by atoms with van der Waals surface area (Å²) in [5.74, 6) is -4.15. The molecule has 0 aliphatic carbocycles. The zero-order valence-corrected chi connectivity index (χ0v) is 41.2. The van der Waals surface area contributed by atoms with Crippen molar-refractivity contribution in [3.63, 3.8) is 0 Å². The van der Waals surface area contributed by atoms with Gasteiger partial charge in [0.25, 0.3) is 11.8 Å². The number of ether oxygens (including phenoxy) is 1. The second kappa shape index (κ2) is 26.0. The van der Waals surface area contributed by atoms with E-state index < -0.39 is 59.5 Å². The van der Waals surface area contributed by atoms with Crippen LogP contribution in [0.25, 0.3) is 23.0 Å². The summed E-state index contributed by atoms with van der Waals surface area (Å²) < 4.78 is 60.9. The molecule has 0 saturated heterocycles. The number of anilines is 3. The van der Waals surface area contributed by atoms with Crippen LogP contribution in [-0.4, -0.2) is 91.4 Å². The fraction of sp³-hybridized carbons (Fsp3) is 0.294. The number of carbonyl (C=O) groups is 7. The van der Waals surface area contributed by atoms with Gasteiger partial charge in [0.15, 0.2) is 11.5 Å². The zero-order chi connectivity index (χ0) is 54.2. The molecule has 0 saturated carbocycles. The molecule has 0 radical (unpaired) electrons. The van der Waals surface area contributed by atoms with Gasteiger partial charge in [-0.2, -0.15) is 23.3 Å². The zero-order valence-electron chi connectivity index (χ0n) is 40.5. The van der Waals surface area contributed by atoms with Crippen LogP contribution in [0.3, 0.4) is 0 Å². The van der Waals surface area contributed by atoms with Gasteiger partial charge in [-0.25, -0.2) is 23.6 Å². The molecule has 6 rings (SSSR count). The Bertz CT molecular complexity index is 2950. The van der Waals surface area contributed by atoms with Crippen LogP contribution in [0.4, 0.5) is 39.7 Å². The predicted molar refractivity (Wildman–Crippen MR) is 268 cm³/mol. The Morgan fingerprint density at radius 3 is 2.29 bits per heavy atom. The van der Waals surface area contributed by atoms with Crippen molar-refractivity contribution in [1.29, 1.82) is 0 Å². The van der Waals surface area contributed by atoms with E-state index in [9.17, 15) is 51.1 Å². The number of nitrogens with two attached hydrogens (primary N) is 1. The molecule has 1 aliphatic heterocycles. The number of urea groups is 1. The number of nitrogens with one attached hydrogen (secondary N) is 5. The Kier molecular flexibility index (Phi) is 19.3. The number of imide groups is 1. The van der Waals surface area contributed by atoms with E-state index in [1.54, 1.807) is 62.4 Å². The molecule has 7 amide bonds. The third-order valence-electron chi connectivity index (χ3n) is 11.3. The molecule has 19 nitrogen and oxygen atoms in total. The van der Waals surface area contributed by atoms with Crippen molar-refractivity contribution < 1.29 is 55.9 Å². The molecular formula is C51H52ClF4N11O8. The first kappa shape index (κ1) is 55.8. The standard InChI is InChI=1S/C51H52ClF4N11O8/c1-30(2)45(63-41(68)11-4-3-5-24-66-42(69)19-20-43(66)70)48(73)62-39(10-7-23-58-49(57)74)47(72)60-34-15-12-32(13-16-34)29-75-44(71)21-14-31-8-6-9-33(26-31)36-28-59-50(61-35-17-18-38(53)37(52)27-35)64-46(36)67-25-22-40(65-67)51(54,55)56/h6,8-9,12-22,25-28,30,39,45H,3-5,7,10-11,23-24,29H2,1-2H3,(H,60,72)(H,62,73)(H,63,68)(H3,57,58,74)(H,59,61,64)/b21-14+/t39-,45-/m0/s1. The Labute approximate surface area is 432 Å². The van der Waals surface area contributed by atoms with Crippen LogP contribution in [0.2, 0.25) is 5.02 Å². The third kappa shape index (κ3) is 16.5. The molecule has 0 unspecified atom stereocenters. The van der Waals surface area contributed by atoms with E-state index in [0.717, 1.165) is 27.9 Å². The molecule has 2 atom stereocenters. The van der Waals surface area contributed by atoms with Crippen LogP contribution < -0.4 is 32.3 Å². The Balaban J connectivity index is 1.04. The number of carbonyl (C=O) groups excluding carboxylic acids is 7. The van der Waals surface area contributed by atoms with E-state index in [-0.39, 0.29) is 79.0 Å². The summed E-state index contributed by atoms with van der Waals surface area (Å²) in [6.45, 7) is 3.68. The highest BCUT2D eigenvalue weighted by molar-refractivity contribution is 6.31. The SMILES string of the molecule is CC(C)[C@H](NC(=O)CCCCCN1C(=O)C=CC1=O)C(=O)N[C@@H](CCCNC(N)=O)C(=O)Nc1ccc(COC(=O)/C=C/c2cccc(-c3cnc(Nc4ccc(F)c(Cl)c4)nc3-n3ccc(C(F)(F)F)n3)c2)cc1. The highest BCUT2D eigenvalue weighted by Crippen LogP contribution is 2.32. The van der Waals surface area contributed by atoms with Crippen LogP contribution in [0.15, 0.2) is 103 Å². The van der Waals surface area contributed by atoms with E-state index in [0.29, 0.717) is 47.3 Å². The summed E-state index contributed by atoms with van der Waals surface area (Å²) in [7, 11) is 0. The molecule has 5 aromatic rings. The number of primary amides is 1. The van der Waals surface area contributed by atoms with Gasteiger partial charge in [-0.05, 0) is 96.8 Å². The Hall–Kier alpha value is -8.47. The van der Waals surface area contributed by atoms with Gasteiger partial charge in [0.05, 0.1) is 5.02 Å². The summed E-state index contributed by atoms with van der Waals surface area (Å²) in [6.07, 6.45) is 4.75. The lowest BCUT2D eigenvalue weighted by atomic mass is 10.0. The van der Waals surface area contributed by atoms with Gasteiger partial charge < -0.3 is 37.1 Å². The molecule has 1 aliphatic rings. The van der Waals surface area contributed by atoms with Crippen LogP contribution in [-0.2, 0) is 46.3 Å². The molecule has 75 heavy (non-hydrogen) atoms. The number of halogens is 5. The minimum Gasteiger partial charge on any atom is -0.458 e. The molecule has 7 N–H and O–H groups in total. The number of nitrogens with zero attached hydrogens (tertiary/aromatic N) is 5. The number of hydrogen-bond acceptors (Lipinski definition) is 12. The van der Waals surface area contributed by atoms with Gasteiger partial charge in [-0.1, -0.05) is 62.2 Å². The molecular weight excluding hydrogens is 1010 g/mol. The maximum absolute atomic E-state index is 13.8. The molecule has 24 heteroatoms. The second-order valence-corrected chi connectivity index (χ2v) is 17.7. The van der Waals surface area contributed by atoms with E-state index in [1.165, 1.54) is 42.6 Å². The third-order valence-corrected chi connectivity index (χ3v) is 11.6. The molecule has 3 aromatic carbocycles. The van der Waals surface area contributed by atoms with Crippen LogP contribution >= 0.6 is 11.6 Å². The fourth-order valence-electron chi connectivity index (χ4n) is 7.41. The minimum absolute atomic E-state index is 0.0323. The molecule has 0 bridgehead atoms. The number of benzene rings is 3. The number of unbranched alkanes of at least 4 members (excludes halogenated alkanes) is 2. The first-order valence-electron chi connectivity index (χ1n) is 23.5. The molecule has 3 heterocycles. The highest BCUT2D eigenvalue weighted by Gasteiger charge is 2.34. The number of aromatic nitrogens is 4. The Morgan fingerprint density at radius 2 is 1.61 bits per heavy atom. The quantitative estimate of drug-likeness (QED) is 0.0118. The van der Waals surface area contributed by atoms with Crippen molar-refractivity contribution in [3.05, 3.63) is 131 Å². The topological polar surface area (TPSA) is 262 Å². The monoisotopic (exact) mass is 1060 g/mol. The van der Waals surface area contributed by atoms with Crippen molar-refractivity contribution in [3.8, 4) is 16.9 Å². The number of amides is 7. The summed E-state index contributed by atoms with van der Waals surface area (Å²) in [4.78, 5) is 97.6. The molecule has 394 valence electrons. The lowest BCUT2D eigenvalue weighted by Crippen LogP contribution is -2.54. The van der Waals surface area contributed by atoms with Gasteiger partial charge in [0.2, 0.25) is 23.7 Å². The first-order valence-corrected chi connectivity index (χ1v) is 23.9. The average molecular weight is 1060 g/mol. The maximum atomic E-state index is 13.8. The van der Waals surface area contributed by atoms with E-state index in [4.69, 9.17) is 22.1 Å². The predicted octanol–water partition coefficient (Wildman–Crippen LogP) is 7.14. The summed E-state index contributed by atoms with van der Waals surface area (Å²) >= 11 is 5.91. The van der Waals surface area contributed by atoms with Crippen LogP contribution in [0.1, 0.15) is 69.2 Å². The number of rotatable bonds is 24. The van der Waals surface area contributed by atoms with Gasteiger partial charge >= 0.3 is 18.2 Å². The molecule has 0 fully saturated rings. The van der Waals surface area contributed by atoms with Crippen molar-refractivity contribution >= 4 is 76.5 Å². The number of esters is 1. The lowest BCUT2D eigenvalue weighted by molar-refractivity contribution is -0.141. The molecule has 0 spiro atoms. The van der Waals surface area contributed by atoms with Crippen molar-refractivity contribution in [2.45, 2.75) is 77.2 Å². The second-order valence-electron chi connectivity index (χ2n) is 17.3. The fourth-order valence-corrected chi connectivity index (χ4v) is 7.59. The van der Waals surface area contributed by atoms with Crippen molar-refractivity contribution in [2.75, 3.05) is 23.7 Å². The minimum atomic E-state index is -4.74. The van der Waals surface area contributed by atoms with Crippen molar-refractivity contribution in [2.24, 2.45) is 11.7 Å². The van der Waals surface area contributed by atoms with Gasteiger partial charge in [-0.15, -0.1) is 0 Å². The largest absolute Gasteiger partial charge is 0.458 e. The van der Waals surface area contributed by atoms with Crippen LogP contribution in [0.5, 0.6) is 0 Å². The van der Waals surface area contributed by atoms with E-state index in [2.05, 4.69) is 41.7 Å². The van der Waals surface area contributed by atoms with E-state index in [1.807, 2.05) is 0 Å². The van der Waals surface area contributed by atoms with Gasteiger partial charge in [0.1, 0.15) is 24.5 Å².